The predicted octanol–water partition coefficient (Wildman–Crippen LogP) is 1.99. The van der Waals surface area contributed by atoms with Crippen molar-refractivity contribution in [3.63, 3.8) is 0 Å². The predicted molar refractivity (Wildman–Crippen MR) is 115 cm³/mol. The van der Waals surface area contributed by atoms with Gasteiger partial charge in [0.15, 0.2) is 11.6 Å². The van der Waals surface area contributed by atoms with Crippen LogP contribution in [-0.2, 0) is 20.8 Å². The average Bonchev–Trinajstić information content (AvgIpc) is 3.31. The van der Waals surface area contributed by atoms with Gasteiger partial charge in [0.05, 0.1) is 32.1 Å². The maximum absolute atomic E-state index is 9.69. The maximum atomic E-state index is 9.69. The lowest BCUT2D eigenvalue weighted by molar-refractivity contribution is 0.0422. The average molecular weight is 425 g/mol. The fraction of sp³-hybridized carbons (Fsp3) is 0.409. The van der Waals surface area contributed by atoms with Crippen LogP contribution in [0.5, 0.6) is 0 Å². The van der Waals surface area contributed by atoms with Gasteiger partial charge < -0.3 is 24.2 Å². The fourth-order valence-electron chi connectivity index (χ4n) is 3.51. The molecule has 0 amide bonds. The Hall–Kier alpha value is -2.85. The lowest BCUT2D eigenvalue weighted by Gasteiger charge is -2.28. The second-order valence-electron chi connectivity index (χ2n) is 7.23. The van der Waals surface area contributed by atoms with Gasteiger partial charge in [-0.15, -0.1) is 0 Å². The van der Waals surface area contributed by atoms with Gasteiger partial charge in [-0.05, 0) is 17.7 Å². The summed E-state index contributed by atoms with van der Waals surface area (Å²) in [5, 5.41) is 14.4. The summed E-state index contributed by atoms with van der Waals surface area (Å²) >= 11 is 0. The quantitative estimate of drug-likeness (QED) is 0.586. The van der Waals surface area contributed by atoms with Gasteiger partial charge in [0.2, 0.25) is 0 Å². The Balaban J connectivity index is 1.70. The molecule has 9 nitrogen and oxygen atoms in total. The lowest BCUT2D eigenvalue weighted by Crippen LogP contribution is -2.37. The van der Waals surface area contributed by atoms with Crippen molar-refractivity contribution < 1.29 is 19.3 Å². The van der Waals surface area contributed by atoms with Gasteiger partial charge in [0.1, 0.15) is 11.9 Å². The van der Waals surface area contributed by atoms with Crippen molar-refractivity contribution in [1.29, 1.82) is 0 Å². The summed E-state index contributed by atoms with van der Waals surface area (Å²) in [5.74, 6) is 1.79. The number of aliphatic hydroxyl groups is 1. The molecule has 4 rings (SSSR count). The van der Waals surface area contributed by atoms with Crippen molar-refractivity contribution in [2.75, 3.05) is 52.0 Å². The number of hydrogen-bond donors (Lipinski definition) is 1. The van der Waals surface area contributed by atoms with Gasteiger partial charge in [0, 0.05) is 45.1 Å². The molecule has 1 N–H and O–H groups in total. The standard InChI is InChI=1S/C22H27N5O4/c1-29-15-16-4-3-5-17(12-16)18-6-7-27(25-18)21-13-20(26-8-10-31-11-9-26)23-22(24-21)19(14-28)30-2/h3-7,12-13,19,28H,8-11,14-15H2,1-2H3/t19-/m0/s1. The highest BCUT2D eigenvalue weighted by atomic mass is 16.5. The smallest absolute Gasteiger partial charge is 0.164 e. The Morgan fingerprint density at radius 2 is 1.90 bits per heavy atom. The maximum Gasteiger partial charge on any atom is 0.164 e. The van der Waals surface area contributed by atoms with E-state index in [4.69, 9.17) is 19.3 Å². The number of methoxy groups -OCH3 is 2. The highest BCUT2D eigenvalue weighted by Gasteiger charge is 2.20. The first kappa shape index (κ1) is 21.4. The SMILES string of the molecule is COCc1cccc(-c2ccn(-c3cc(N4CCOCC4)nc([C@H](CO)OC)n3)n2)c1. The molecular formula is C22H27N5O4. The molecule has 0 bridgehead atoms. The molecule has 1 aromatic carbocycles. The van der Waals surface area contributed by atoms with Crippen LogP contribution in [0, 0.1) is 0 Å². The number of morpholine rings is 1. The van der Waals surface area contributed by atoms with Crippen LogP contribution in [0.3, 0.4) is 0 Å². The summed E-state index contributed by atoms with van der Waals surface area (Å²) < 4.78 is 17.8. The number of hydrogen-bond acceptors (Lipinski definition) is 8. The van der Waals surface area contributed by atoms with Crippen LogP contribution in [0.2, 0.25) is 0 Å². The minimum absolute atomic E-state index is 0.209. The number of nitrogens with zero attached hydrogens (tertiary/aromatic N) is 5. The summed E-state index contributed by atoms with van der Waals surface area (Å²) in [7, 11) is 3.21. The minimum Gasteiger partial charge on any atom is -0.393 e. The normalized spacial score (nSPS) is 15.3. The Labute approximate surface area is 181 Å². The van der Waals surface area contributed by atoms with Crippen molar-refractivity contribution >= 4 is 5.82 Å². The Bertz CT molecular complexity index is 999. The summed E-state index contributed by atoms with van der Waals surface area (Å²) in [6.07, 6.45) is 1.26. The molecule has 0 spiro atoms. The van der Waals surface area contributed by atoms with Crippen LogP contribution in [0.25, 0.3) is 17.1 Å². The number of ether oxygens (including phenoxy) is 3. The molecule has 2 aromatic heterocycles. The van der Waals surface area contributed by atoms with E-state index in [1.165, 1.54) is 7.11 Å². The second kappa shape index (κ2) is 9.97. The Morgan fingerprint density at radius 3 is 2.65 bits per heavy atom. The van der Waals surface area contributed by atoms with Gasteiger partial charge in [-0.2, -0.15) is 5.10 Å². The zero-order valence-corrected chi connectivity index (χ0v) is 17.8. The highest BCUT2D eigenvalue weighted by molar-refractivity contribution is 5.60. The van der Waals surface area contributed by atoms with E-state index in [0.717, 1.165) is 35.7 Å². The number of aliphatic hydroxyl groups excluding tert-OH is 1. The number of benzene rings is 1. The van der Waals surface area contributed by atoms with E-state index in [1.807, 2.05) is 36.5 Å². The van der Waals surface area contributed by atoms with Crippen LogP contribution >= 0.6 is 0 Å². The number of rotatable bonds is 8. The van der Waals surface area contributed by atoms with Gasteiger partial charge in [-0.3, -0.25) is 0 Å². The molecule has 0 aliphatic carbocycles. The number of anilines is 1. The molecule has 1 aliphatic heterocycles. The van der Waals surface area contributed by atoms with E-state index in [9.17, 15) is 5.11 Å². The minimum atomic E-state index is -0.611. The third-order valence-corrected chi connectivity index (χ3v) is 5.15. The summed E-state index contributed by atoms with van der Waals surface area (Å²) in [4.78, 5) is 11.4. The van der Waals surface area contributed by atoms with E-state index in [0.29, 0.717) is 31.5 Å². The first-order chi connectivity index (χ1) is 15.2. The summed E-state index contributed by atoms with van der Waals surface area (Å²) in [5.41, 5.74) is 2.91. The molecule has 0 saturated carbocycles. The molecule has 1 atom stereocenters. The van der Waals surface area contributed by atoms with Crippen molar-refractivity contribution in [2.45, 2.75) is 12.7 Å². The first-order valence-corrected chi connectivity index (χ1v) is 10.2. The Morgan fingerprint density at radius 1 is 1.10 bits per heavy atom. The molecule has 0 radical (unpaired) electrons. The third-order valence-electron chi connectivity index (χ3n) is 5.15. The zero-order chi connectivity index (χ0) is 21.6. The monoisotopic (exact) mass is 425 g/mol. The van der Waals surface area contributed by atoms with Crippen LogP contribution < -0.4 is 4.90 Å². The van der Waals surface area contributed by atoms with Crippen LogP contribution in [0.15, 0.2) is 42.6 Å². The lowest BCUT2D eigenvalue weighted by atomic mass is 10.1. The Kier molecular flexibility index (Phi) is 6.88. The van der Waals surface area contributed by atoms with Gasteiger partial charge in [-0.25, -0.2) is 14.6 Å². The molecule has 0 unspecified atom stereocenters. The number of aromatic nitrogens is 4. The zero-order valence-electron chi connectivity index (χ0n) is 17.8. The first-order valence-electron chi connectivity index (χ1n) is 10.2. The van der Waals surface area contributed by atoms with E-state index < -0.39 is 6.10 Å². The topological polar surface area (TPSA) is 94.8 Å². The fourth-order valence-corrected chi connectivity index (χ4v) is 3.51. The van der Waals surface area contributed by atoms with E-state index in [-0.39, 0.29) is 6.61 Å². The molecule has 164 valence electrons. The molecular weight excluding hydrogens is 398 g/mol. The molecule has 3 aromatic rings. The van der Waals surface area contributed by atoms with Crippen molar-refractivity contribution in [1.82, 2.24) is 19.7 Å². The van der Waals surface area contributed by atoms with Crippen molar-refractivity contribution in [3.8, 4) is 17.1 Å². The van der Waals surface area contributed by atoms with Crippen LogP contribution in [-0.4, -0.2) is 72.0 Å². The van der Waals surface area contributed by atoms with E-state index in [1.54, 1.807) is 11.8 Å². The van der Waals surface area contributed by atoms with Crippen LogP contribution in [0.1, 0.15) is 17.5 Å². The van der Waals surface area contributed by atoms with Crippen LogP contribution in [0.4, 0.5) is 5.82 Å². The van der Waals surface area contributed by atoms with E-state index >= 15 is 0 Å². The molecule has 3 heterocycles. The van der Waals surface area contributed by atoms with Crippen molar-refractivity contribution in [3.05, 3.63) is 54.0 Å². The highest BCUT2D eigenvalue weighted by Crippen LogP contribution is 2.23. The van der Waals surface area contributed by atoms with Crippen molar-refractivity contribution in [2.24, 2.45) is 0 Å². The second-order valence-corrected chi connectivity index (χ2v) is 7.23. The van der Waals surface area contributed by atoms with E-state index in [2.05, 4.69) is 20.9 Å². The molecule has 31 heavy (non-hydrogen) atoms. The summed E-state index contributed by atoms with van der Waals surface area (Å²) in [6.45, 7) is 3.11. The molecule has 1 saturated heterocycles. The summed E-state index contributed by atoms with van der Waals surface area (Å²) in [6, 6.07) is 11.9. The third kappa shape index (κ3) is 4.91. The van der Waals surface area contributed by atoms with Gasteiger partial charge in [-0.1, -0.05) is 18.2 Å². The van der Waals surface area contributed by atoms with Gasteiger partial charge in [0.25, 0.3) is 0 Å². The molecule has 1 fully saturated rings. The molecule has 1 aliphatic rings. The largest absolute Gasteiger partial charge is 0.393 e. The molecule has 9 heteroatoms. The van der Waals surface area contributed by atoms with Gasteiger partial charge >= 0.3 is 0 Å².